The molecule has 1 aliphatic rings. The Labute approximate surface area is 101 Å². The van der Waals surface area contributed by atoms with E-state index < -0.39 is 11.5 Å². The van der Waals surface area contributed by atoms with Gasteiger partial charge >= 0.3 is 5.97 Å². The first-order chi connectivity index (χ1) is 7.95. The summed E-state index contributed by atoms with van der Waals surface area (Å²) in [5.74, 6) is 0.973. The summed E-state index contributed by atoms with van der Waals surface area (Å²) >= 11 is 0. The zero-order valence-electron chi connectivity index (χ0n) is 10.6. The van der Waals surface area contributed by atoms with Crippen molar-refractivity contribution in [1.82, 2.24) is 14.8 Å². The van der Waals surface area contributed by atoms with Gasteiger partial charge in [-0.25, -0.2) is 14.5 Å². The normalized spacial score (nSPS) is 29.2. The fourth-order valence-corrected chi connectivity index (χ4v) is 2.93. The van der Waals surface area contributed by atoms with E-state index >= 15 is 0 Å². The van der Waals surface area contributed by atoms with E-state index in [-0.39, 0.29) is 0 Å². The average Bonchev–Trinajstić information content (AvgIpc) is 2.57. The number of carboxylic acids is 1. The first kappa shape index (κ1) is 12.1. The van der Waals surface area contributed by atoms with Gasteiger partial charge in [0.25, 0.3) is 0 Å². The second-order valence-corrected chi connectivity index (χ2v) is 5.16. The van der Waals surface area contributed by atoms with Crippen molar-refractivity contribution in [3.8, 4) is 0 Å². The monoisotopic (exact) mass is 237 g/mol. The van der Waals surface area contributed by atoms with Gasteiger partial charge in [0.2, 0.25) is 0 Å². The zero-order valence-corrected chi connectivity index (χ0v) is 10.6. The summed E-state index contributed by atoms with van der Waals surface area (Å²) < 4.78 is 1.63. The van der Waals surface area contributed by atoms with Crippen LogP contribution in [0.5, 0.6) is 0 Å². The van der Waals surface area contributed by atoms with Crippen LogP contribution in [0.3, 0.4) is 0 Å². The molecule has 2 unspecified atom stereocenters. The van der Waals surface area contributed by atoms with Crippen LogP contribution < -0.4 is 0 Å². The molecular formula is C12H19N3O2. The van der Waals surface area contributed by atoms with Crippen molar-refractivity contribution in [3.63, 3.8) is 0 Å². The molecule has 0 spiro atoms. The molecule has 0 aliphatic heterocycles. The Balaban J connectivity index is 2.47. The van der Waals surface area contributed by atoms with Crippen LogP contribution in [0, 0.1) is 19.8 Å². The molecule has 2 atom stereocenters. The standard InChI is InChI=1S/C12H19N3O2/c1-8-5-4-6-12(7-8,11(16)17)15-10(3)13-9(2)14-15/h8H,4-7H2,1-3H3,(H,16,17). The highest BCUT2D eigenvalue weighted by atomic mass is 16.4. The second-order valence-electron chi connectivity index (χ2n) is 5.16. The number of carboxylic acid groups (broad SMARTS) is 1. The van der Waals surface area contributed by atoms with E-state index in [2.05, 4.69) is 17.0 Å². The summed E-state index contributed by atoms with van der Waals surface area (Å²) in [5, 5.41) is 13.9. The Morgan fingerprint density at radius 1 is 1.53 bits per heavy atom. The van der Waals surface area contributed by atoms with Gasteiger partial charge in [0.1, 0.15) is 11.6 Å². The Morgan fingerprint density at radius 2 is 2.24 bits per heavy atom. The van der Waals surface area contributed by atoms with Crippen molar-refractivity contribution < 1.29 is 9.90 Å². The van der Waals surface area contributed by atoms with E-state index in [4.69, 9.17) is 0 Å². The van der Waals surface area contributed by atoms with Crippen molar-refractivity contribution in [2.45, 2.75) is 52.0 Å². The quantitative estimate of drug-likeness (QED) is 0.852. The molecule has 0 radical (unpaired) electrons. The first-order valence-electron chi connectivity index (χ1n) is 6.10. The molecule has 5 nitrogen and oxygen atoms in total. The third-order valence-corrected chi connectivity index (χ3v) is 3.65. The van der Waals surface area contributed by atoms with E-state index in [1.54, 1.807) is 11.6 Å². The summed E-state index contributed by atoms with van der Waals surface area (Å²) in [6, 6.07) is 0. The minimum Gasteiger partial charge on any atom is -0.479 e. The summed E-state index contributed by atoms with van der Waals surface area (Å²) in [4.78, 5) is 15.9. The fraction of sp³-hybridized carbons (Fsp3) is 0.750. The minimum atomic E-state index is -0.886. The molecular weight excluding hydrogens is 218 g/mol. The summed E-state index contributed by atoms with van der Waals surface area (Å²) in [5.41, 5.74) is -0.886. The Bertz CT molecular complexity index is 441. The molecule has 0 amide bonds. The topological polar surface area (TPSA) is 68.0 Å². The Hall–Kier alpha value is -1.39. The predicted octanol–water partition coefficient (Wildman–Crippen LogP) is 1.88. The molecule has 5 heteroatoms. The van der Waals surface area contributed by atoms with E-state index in [1.807, 2.05) is 6.92 Å². The maximum absolute atomic E-state index is 11.7. The summed E-state index contributed by atoms with van der Waals surface area (Å²) in [7, 11) is 0. The lowest BCUT2D eigenvalue weighted by molar-refractivity contribution is -0.151. The Morgan fingerprint density at radius 3 is 2.71 bits per heavy atom. The molecule has 1 aliphatic carbocycles. The van der Waals surface area contributed by atoms with Gasteiger partial charge in [-0.2, -0.15) is 5.10 Å². The lowest BCUT2D eigenvalue weighted by atomic mass is 9.76. The number of hydrogen-bond donors (Lipinski definition) is 1. The van der Waals surface area contributed by atoms with Crippen molar-refractivity contribution >= 4 is 5.97 Å². The van der Waals surface area contributed by atoms with Crippen LogP contribution in [0.25, 0.3) is 0 Å². The highest BCUT2D eigenvalue weighted by Crippen LogP contribution is 2.38. The van der Waals surface area contributed by atoms with Crippen LogP contribution >= 0.6 is 0 Å². The van der Waals surface area contributed by atoms with Crippen molar-refractivity contribution in [2.75, 3.05) is 0 Å². The molecule has 1 fully saturated rings. The lowest BCUT2D eigenvalue weighted by Gasteiger charge is -2.36. The van der Waals surface area contributed by atoms with Crippen LogP contribution in [-0.2, 0) is 10.3 Å². The largest absolute Gasteiger partial charge is 0.479 e. The van der Waals surface area contributed by atoms with Crippen molar-refractivity contribution in [2.24, 2.45) is 5.92 Å². The predicted molar refractivity (Wildman–Crippen MR) is 62.7 cm³/mol. The SMILES string of the molecule is Cc1nc(C)n(C2(C(=O)O)CCCC(C)C2)n1. The van der Waals surface area contributed by atoms with Crippen molar-refractivity contribution in [1.29, 1.82) is 0 Å². The molecule has 1 saturated carbocycles. The lowest BCUT2D eigenvalue weighted by Crippen LogP contribution is -2.46. The van der Waals surface area contributed by atoms with E-state index in [9.17, 15) is 9.90 Å². The van der Waals surface area contributed by atoms with Crippen LogP contribution in [0.15, 0.2) is 0 Å². The van der Waals surface area contributed by atoms with Gasteiger partial charge < -0.3 is 5.11 Å². The van der Waals surface area contributed by atoms with Crippen molar-refractivity contribution in [3.05, 3.63) is 11.6 Å². The fourth-order valence-electron chi connectivity index (χ4n) is 2.93. The Kier molecular flexibility index (Phi) is 2.93. The molecule has 0 bridgehead atoms. The van der Waals surface area contributed by atoms with Crippen LogP contribution in [0.2, 0.25) is 0 Å². The highest BCUT2D eigenvalue weighted by molar-refractivity contribution is 5.76. The highest BCUT2D eigenvalue weighted by Gasteiger charge is 2.45. The summed E-state index contributed by atoms with van der Waals surface area (Å²) in [6.45, 7) is 5.73. The molecule has 0 aromatic carbocycles. The molecule has 1 N–H and O–H groups in total. The number of aromatic nitrogens is 3. The molecule has 1 aromatic heterocycles. The first-order valence-corrected chi connectivity index (χ1v) is 6.10. The summed E-state index contributed by atoms with van der Waals surface area (Å²) in [6.07, 6.45) is 3.33. The molecule has 0 saturated heterocycles. The maximum Gasteiger partial charge on any atom is 0.331 e. The number of nitrogens with zero attached hydrogens (tertiary/aromatic N) is 3. The van der Waals surface area contributed by atoms with E-state index in [0.717, 1.165) is 12.8 Å². The van der Waals surface area contributed by atoms with Crippen LogP contribution in [0.1, 0.15) is 44.3 Å². The molecule has 1 heterocycles. The number of aliphatic carboxylic acids is 1. The minimum absolute atomic E-state index is 0.420. The van der Waals surface area contributed by atoms with E-state index in [1.165, 1.54) is 0 Å². The molecule has 94 valence electrons. The number of aryl methyl sites for hydroxylation is 2. The van der Waals surface area contributed by atoms with Gasteiger partial charge in [0.05, 0.1) is 0 Å². The number of hydrogen-bond acceptors (Lipinski definition) is 3. The van der Waals surface area contributed by atoms with Gasteiger partial charge in [0.15, 0.2) is 5.54 Å². The van der Waals surface area contributed by atoms with Gasteiger partial charge in [0, 0.05) is 0 Å². The third kappa shape index (κ3) is 1.94. The molecule has 17 heavy (non-hydrogen) atoms. The zero-order chi connectivity index (χ0) is 12.6. The number of carbonyl (C=O) groups is 1. The third-order valence-electron chi connectivity index (χ3n) is 3.65. The van der Waals surface area contributed by atoms with Gasteiger partial charge in [-0.3, -0.25) is 0 Å². The molecule has 1 aromatic rings. The van der Waals surface area contributed by atoms with Gasteiger partial charge in [-0.05, 0) is 32.6 Å². The smallest absolute Gasteiger partial charge is 0.331 e. The van der Waals surface area contributed by atoms with Gasteiger partial charge in [-0.1, -0.05) is 19.8 Å². The van der Waals surface area contributed by atoms with Gasteiger partial charge in [-0.15, -0.1) is 0 Å². The van der Waals surface area contributed by atoms with Crippen LogP contribution in [-0.4, -0.2) is 25.8 Å². The van der Waals surface area contributed by atoms with Crippen LogP contribution in [0.4, 0.5) is 0 Å². The van der Waals surface area contributed by atoms with E-state index in [0.29, 0.717) is 30.4 Å². The maximum atomic E-state index is 11.7. The number of rotatable bonds is 2. The molecule has 2 rings (SSSR count). The second kappa shape index (κ2) is 4.13. The average molecular weight is 237 g/mol.